The predicted octanol–water partition coefficient (Wildman–Crippen LogP) is 4.36. The van der Waals surface area contributed by atoms with Gasteiger partial charge in [-0.2, -0.15) is 0 Å². The molecule has 2 aliphatic heterocycles. The molecule has 3 aromatic rings. The Balaban J connectivity index is 1.31. The number of nitrogens with zero attached hydrogens (tertiary/aromatic N) is 3. The molecule has 2 bridgehead atoms. The molecule has 2 aromatic heterocycles. The molecule has 5 heteroatoms. The van der Waals surface area contributed by atoms with Gasteiger partial charge in [-0.05, 0) is 67.8 Å². The van der Waals surface area contributed by atoms with Crippen LogP contribution in [0.3, 0.4) is 0 Å². The fraction of sp³-hybridized carbons (Fsp3) is 0.400. The Morgan fingerprint density at radius 1 is 1.04 bits per heavy atom. The van der Waals surface area contributed by atoms with Crippen molar-refractivity contribution in [3.8, 4) is 17.1 Å². The van der Waals surface area contributed by atoms with Crippen LogP contribution in [0.5, 0.6) is 5.88 Å². The molecule has 3 atom stereocenters. The summed E-state index contributed by atoms with van der Waals surface area (Å²) in [6.07, 6.45) is 5.08. The van der Waals surface area contributed by atoms with E-state index in [1.54, 1.807) is 11.3 Å². The van der Waals surface area contributed by atoms with Gasteiger partial charge in [0, 0.05) is 28.4 Å². The van der Waals surface area contributed by atoms with Gasteiger partial charge in [-0.15, -0.1) is 21.5 Å². The zero-order chi connectivity index (χ0) is 16.8. The number of thiophene rings is 1. The van der Waals surface area contributed by atoms with E-state index in [-0.39, 0.29) is 6.10 Å². The molecule has 0 amide bonds. The van der Waals surface area contributed by atoms with Crippen LogP contribution in [0.4, 0.5) is 0 Å². The van der Waals surface area contributed by atoms with Gasteiger partial charge in [-0.1, -0.05) is 6.07 Å². The molecule has 25 heavy (non-hydrogen) atoms. The summed E-state index contributed by atoms with van der Waals surface area (Å²) in [6, 6.07) is 13.9. The Hall–Kier alpha value is -1.98. The minimum atomic E-state index is 0.274. The summed E-state index contributed by atoms with van der Waals surface area (Å²) in [6.45, 7) is 0. The molecule has 0 saturated carbocycles. The quantitative estimate of drug-likeness (QED) is 0.703. The molecule has 0 N–H and O–H groups in total. The first-order chi connectivity index (χ1) is 12.3. The van der Waals surface area contributed by atoms with Gasteiger partial charge in [0.05, 0.1) is 5.69 Å². The van der Waals surface area contributed by atoms with Gasteiger partial charge in [0.25, 0.3) is 0 Å². The second-order valence-electron chi connectivity index (χ2n) is 7.19. The Bertz CT molecular complexity index is 877. The number of benzene rings is 1. The molecular weight excluding hydrogens is 330 g/mol. The van der Waals surface area contributed by atoms with Gasteiger partial charge in [-0.3, -0.25) is 0 Å². The van der Waals surface area contributed by atoms with E-state index in [1.165, 1.54) is 22.9 Å². The van der Waals surface area contributed by atoms with E-state index in [0.29, 0.717) is 18.0 Å². The van der Waals surface area contributed by atoms with Crippen molar-refractivity contribution in [2.75, 3.05) is 7.05 Å². The molecule has 0 spiro atoms. The van der Waals surface area contributed by atoms with E-state index in [0.717, 1.165) is 24.1 Å². The standard InChI is InChI=1S/C20H21N3OS/c1-23-15-3-4-16(23)12-17(11-15)24-20-7-5-18(21-22-20)13-2-6-19-14(10-13)8-9-25-19/h2,5-10,15-17H,3-4,11-12H2,1H3/t15-,16+,17+. The number of aromatic nitrogens is 2. The number of hydrogen-bond acceptors (Lipinski definition) is 5. The van der Waals surface area contributed by atoms with E-state index in [9.17, 15) is 0 Å². The summed E-state index contributed by atoms with van der Waals surface area (Å²) in [4.78, 5) is 2.52. The van der Waals surface area contributed by atoms with Crippen molar-refractivity contribution >= 4 is 21.4 Å². The van der Waals surface area contributed by atoms with Crippen LogP contribution in [0.1, 0.15) is 25.7 Å². The van der Waals surface area contributed by atoms with Crippen LogP contribution in [-0.4, -0.2) is 40.3 Å². The third kappa shape index (κ3) is 2.81. The highest BCUT2D eigenvalue weighted by atomic mass is 32.1. The first-order valence-electron chi connectivity index (χ1n) is 8.96. The Morgan fingerprint density at radius 3 is 2.64 bits per heavy atom. The lowest BCUT2D eigenvalue weighted by Crippen LogP contribution is -2.43. The molecule has 128 valence electrons. The van der Waals surface area contributed by atoms with Gasteiger partial charge in [0.1, 0.15) is 6.10 Å². The fourth-order valence-corrected chi connectivity index (χ4v) is 5.06. The number of fused-ring (bicyclic) bond motifs is 3. The number of ether oxygens (including phenoxy) is 1. The van der Waals surface area contributed by atoms with Crippen LogP contribution in [0, 0.1) is 0 Å². The summed E-state index contributed by atoms with van der Waals surface area (Å²) in [5, 5.41) is 12.1. The van der Waals surface area contributed by atoms with Gasteiger partial charge >= 0.3 is 0 Å². The molecular formula is C20H21N3OS. The topological polar surface area (TPSA) is 38.2 Å². The Morgan fingerprint density at radius 2 is 1.88 bits per heavy atom. The summed E-state index contributed by atoms with van der Waals surface area (Å²) in [7, 11) is 2.25. The lowest BCUT2D eigenvalue weighted by atomic mass is 10.0. The minimum absolute atomic E-state index is 0.274. The zero-order valence-electron chi connectivity index (χ0n) is 14.3. The highest BCUT2D eigenvalue weighted by molar-refractivity contribution is 7.17. The largest absolute Gasteiger partial charge is 0.473 e. The monoisotopic (exact) mass is 351 g/mol. The van der Waals surface area contributed by atoms with E-state index in [1.807, 2.05) is 12.1 Å². The van der Waals surface area contributed by atoms with Crippen LogP contribution in [0.2, 0.25) is 0 Å². The smallest absolute Gasteiger partial charge is 0.233 e. The normalized spacial score (nSPS) is 26.2. The highest BCUT2D eigenvalue weighted by Crippen LogP contribution is 2.35. The second-order valence-corrected chi connectivity index (χ2v) is 8.14. The lowest BCUT2D eigenvalue weighted by molar-refractivity contribution is 0.0626. The molecule has 2 fully saturated rings. The maximum absolute atomic E-state index is 6.13. The molecule has 0 aliphatic carbocycles. The summed E-state index contributed by atoms with van der Waals surface area (Å²) >= 11 is 1.76. The molecule has 4 heterocycles. The van der Waals surface area contributed by atoms with Crippen molar-refractivity contribution in [1.82, 2.24) is 15.1 Å². The van der Waals surface area contributed by atoms with Crippen molar-refractivity contribution in [3.05, 3.63) is 41.8 Å². The Kier molecular flexibility index (Phi) is 3.71. The van der Waals surface area contributed by atoms with Gasteiger partial charge in [-0.25, -0.2) is 0 Å². The van der Waals surface area contributed by atoms with Crippen molar-refractivity contribution in [2.45, 2.75) is 43.9 Å². The van der Waals surface area contributed by atoms with Crippen LogP contribution in [0.25, 0.3) is 21.3 Å². The lowest BCUT2D eigenvalue weighted by Gasteiger charge is -2.35. The van der Waals surface area contributed by atoms with Crippen LogP contribution in [0.15, 0.2) is 41.8 Å². The maximum atomic E-state index is 6.13. The highest BCUT2D eigenvalue weighted by Gasteiger charge is 2.39. The minimum Gasteiger partial charge on any atom is -0.473 e. The number of rotatable bonds is 3. The first-order valence-corrected chi connectivity index (χ1v) is 9.84. The molecule has 5 rings (SSSR count). The third-order valence-electron chi connectivity index (χ3n) is 5.73. The summed E-state index contributed by atoms with van der Waals surface area (Å²) in [5.41, 5.74) is 1.99. The average molecular weight is 351 g/mol. The van der Waals surface area contributed by atoms with E-state index in [2.05, 4.69) is 51.8 Å². The van der Waals surface area contributed by atoms with Gasteiger partial charge in [0.2, 0.25) is 5.88 Å². The van der Waals surface area contributed by atoms with Gasteiger partial charge < -0.3 is 9.64 Å². The summed E-state index contributed by atoms with van der Waals surface area (Å²) < 4.78 is 7.43. The number of piperidine rings is 1. The predicted molar refractivity (Wildman–Crippen MR) is 101 cm³/mol. The van der Waals surface area contributed by atoms with Crippen molar-refractivity contribution in [1.29, 1.82) is 0 Å². The average Bonchev–Trinajstić information content (AvgIpc) is 3.16. The van der Waals surface area contributed by atoms with E-state index < -0.39 is 0 Å². The van der Waals surface area contributed by atoms with Crippen molar-refractivity contribution in [3.63, 3.8) is 0 Å². The SMILES string of the molecule is CN1[C@@H]2CC[C@H]1C[C@@H](Oc1ccc(-c3ccc4sccc4c3)nn1)C2. The van der Waals surface area contributed by atoms with Crippen molar-refractivity contribution in [2.24, 2.45) is 0 Å². The van der Waals surface area contributed by atoms with Crippen molar-refractivity contribution < 1.29 is 4.74 Å². The summed E-state index contributed by atoms with van der Waals surface area (Å²) in [5.74, 6) is 0.648. The van der Waals surface area contributed by atoms with E-state index in [4.69, 9.17) is 4.74 Å². The van der Waals surface area contributed by atoms with Crippen LogP contribution >= 0.6 is 11.3 Å². The van der Waals surface area contributed by atoms with Gasteiger partial charge in [0.15, 0.2) is 0 Å². The molecule has 2 saturated heterocycles. The fourth-order valence-electron chi connectivity index (χ4n) is 4.29. The zero-order valence-corrected chi connectivity index (χ0v) is 15.1. The first kappa shape index (κ1) is 15.3. The molecule has 2 aliphatic rings. The van der Waals surface area contributed by atoms with Crippen LogP contribution in [-0.2, 0) is 0 Å². The molecule has 0 radical (unpaired) electrons. The van der Waals surface area contributed by atoms with E-state index >= 15 is 0 Å². The maximum Gasteiger partial charge on any atom is 0.233 e. The molecule has 4 nitrogen and oxygen atoms in total. The molecule has 1 aromatic carbocycles. The second kappa shape index (κ2) is 6.07. The third-order valence-corrected chi connectivity index (χ3v) is 6.63. The number of hydrogen-bond donors (Lipinski definition) is 0. The molecule has 0 unspecified atom stereocenters. The Labute approximate surface area is 151 Å². The van der Waals surface area contributed by atoms with Crippen LogP contribution < -0.4 is 4.74 Å².